The minimum absolute atomic E-state index is 0.264. The topological polar surface area (TPSA) is 26.3 Å². The van der Waals surface area contributed by atoms with E-state index >= 15 is 0 Å². The van der Waals surface area contributed by atoms with Crippen molar-refractivity contribution in [2.45, 2.75) is 111 Å². The van der Waals surface area contributed by atoms with E-state index in [4.69, 9.17) is 4.74 Å². The Labute approximate surface area is 185 Å². The molecule has 7 unspecified atom stereocenters. The molecule has 0 bridgehead atoms. The molecular formula is C28H46O2. The van der Waals surface area contributed by atoms with Gasteiger partial charge in [-0.15, -0.1) is 0 Å². The highest BCUT2D eigenvalue weighted by Gasteiger charge is 2.58. The molecule has 0 radical (unpaired) electrons. The zero-order chi connectivity index (χ0) is 21.4. The van der Waals surface area contributed by atoms with Crippen LogP contribution in [0.5, 0.6) is 0 Å². The number of aldehydes is 1. The third-order valence-corrected chi connectivity index (χ3v) is 10.2. The predicted octanol–water partition coefficient (Wildman–Crippen LogP) is 7.37. The molecule has 3 fully saturated rings. The Morgan fingerprint density at radius 1 is 1.10 bits per heavy atom. The lowest BCUT2D eigenvalue weighted by Crippen LogP contribution is -2.50. The first kappa shape index (κ1) is 22.6. The van der Waals surface area contributed by atoms with Gasteiger partial charge in [-0.05, 0) is 98.2 Å². The Hall–Kier alpha value is -0.630. The average Bonchev–Trinajstić information content (AvgIpc) is 3.05. The van der Waals surface area contributed by atoms with Gasteiger partial charge in [-0.1, -0.05) is 58.6 Å². The molecule has 0 aromatic rings. The summed E-state index contributed by atoms with van der Waals surface area (Å²) in [5.41, 5.74) is 2.66. The smallest absolute Gasteiger partial charge is 0.145 e. The molecule has 0 saturated heterocycles. The summed E-state index contributed by atoms with van der Waals surface area (Å²) in [5, 5.41) is 0. The molecule has 0 aromatic heterocycles. The van der Waals surface area contributed by atoms with Gasteiger partial charge in [0.05, 0.1) is 6.10 Å². The second-order valence-corrected chi connectivity index (χ2v) is 12.1. The normalized spacial score (nSPS) is 43.0. The van der Waals surface area contributed by atoms with E-state index in [0.717, 1.165) is 48.7 Å². The molecule has 30 heavy (non-hydrogen) atoms. The van der Waals surface area contributed by atoms with E-state index in [0.29, 0.717) is 10.8 Å². The Balaban J connectivity index is 1.42. The van der Waals surface area contributed by atoms with E-state index in [2.05, 4.69) is 33.8 Å². The summed E-state index contributed by atoms with van der Waals surface area (Å²) in [6.45, 7) is 10.2. The molecule has 0 spiro atoms. The molecule has 7 atom stereocenters. The van der Waals surface area contributed by atoms with Crippen LogP contribution in [0.2, 0.25) is 0 Å². The maximum absolute atomic E-state index is 10.7. The van der Waals surface area contributed by atoms with Crippen LogP contribution in [0.25, 0.3) is 0 Å². The molecule has 0 heterocycles. The molecule has 170 valence electrons. The number of carbonyl (C=O) groups is 1. The fourth-order valence-corrected chi connectivity index (χ4v) is 8.47. The van der Waals surface area contributed by atoms with Crippen LogP contribution in [0.15, 0.2) is 11.6 Å². The second-order valence-electron chi connectivity index (χ2n) is 12.1. The van der Waals surface area contributed by atoms with E-state index in [-0.39, 0.29) is 12.7 Å². The fraction of sp³-hybridized carbons (Fsp3) is 0.893. The zero-order valence-corrected chi connectivity index (χ0v) is 20.1. The Morgan fingerprint density at radius 2 is 1.93 bits per heavy atom. The first-order valence-corrected chi connectivity index (χ1v) is 13.1. The van der Waals surface area contributed by atoms with Gasteiger partial charge < -0.3 is 9.53 Å². The van der Waals surface area contributed by atoms with Crippen LogP contribution in [0.1, 0.15) is 105 Å². The van der Waals surface area contributed by atoms with Crippen molar-refractivity contribution in [2.24, 2.45) is 40.4 Å². The summed E-state index contributed by atoms with van der Waals surface area (Å²) in [6, 6.07) is 0. The van der Waals surface area contributed by atoms with E-state index in [1.54, 1.807) is 5.57 Å². The lowest BCUT2D eigenvalue weighted by molar-refractivity contribution is -0.115. The van der Waals surface area contributed by atoms with Crippen LogP contribution in [0, 0.1) is 40.4 Å². The number of unbranched alkanes of at least 4 members (excludes halogenated alkanes) is 1. The highest BCUT2D eigenvalue weighted by molar-refractivity contribution is 5.50. The number of fused-ring (bicyclic) bond motifs is 5. The van der Waals surface area contributed by atoms with Gasteiger partial charge in [0.15, 0.2) is 0 Å². The van der Waals surface area contributed by atoms with Crippen molar-refractivity contribution < 1.29 is 9.53 Å². The Kier molecular flexibility index (Phi) is 6.83. The monoisotopic (exact) mass is 414 g/mol. The van der Waals surface area contributed by atoms with E-state index in [9.17, 15) is 4.79 Å². The molecule has 4 rings (SSSR count). The van der Waals surface area contributed by atoms with E-state index in [1.807, 2.05) is 0 Å². The van der Waals surface area contributed by atoms with Gasteiger partial charge in [-0.3, -0.25) is 0 Å². The minimum atomic E-state index is 0.264. The van der Waals surface area contributed by atoms with Crippen LogP contribution in [0.4, 0.5) is 0 Å². The first-order valence-electron chi connectivity index (χ1n) is 13.1. The number of ether oxygens (including phenoxy) is 1. The van der Waals surface area contributed by atoms with Crippen molar-refractivity contribution >= 4 is 6.29 Å². The van der Waals surface area contributed by atoms with Gasteiger partial charge in [0.25, 0.3) is 0 Å². The number of hydrogen-bond donors (Lipinski definition) is 0. The lowest BCUT2D eigenvalue weighted by atomic mass is 9.47. The van der Waals surface area contributed by atoms with Crippen LogP contribution in [0.3, 0.4) is 0 Å². The molecule has 3 saturated carbocycles. The largest absolute Gasteiger partial charge is 0.370 e. The van der Waals surface area contributed by atoms with Crippen molar-refractivity contribution in [3.05, 3.63) is 11.6 Å². The molecule has 0 amide bonds. The molecule has 4 aliphatic carbocycles. The summed E-state index contributed by atoms with van der Waals surface area (Å²) in [4.78, 5) is 10.7. The number of rotatable bonds is 8. The molecule has 0 aliphatic heterocycles. The lowest BCUT2D eigenvalue weighted by Gasteiger charge is -2.58. The maximum Gasteiger partial charge on any atom is 0.145 e. The summed E-state index contributed by atoms with van der Waals surface area (Å²) < 4.78 is 5.81. The second kappa shape index (κ2) is 9.08. The van der Waals surface area contributed by atoms with Gasteiger partial charge in [-0.2, -0.15) is 0 Å². The summed E-state index contributed by atoms with van der Waals surface area (Å²) in [5.74, 6) is 4.56. The van der Waals surface area contributed by atoms with Gasteiger partial charge in [-0.25, -0.2) is 0 Å². The van der Waals surface area contributed by atoms with Gasteiger partial charge in [0.1, 0.15) is 12.9 Å². The Bertz CT molecular complexity index is 637. The Morgan fingerprint density at radius 3 is 2.70 bits per heavy atom. The predicted molar refractivity (Wildman–Crippen MR) is 124 cm³/mol. The molecule has 0 N–H and O–H groups in total. The van der Waals surface area contributed by atoms with Crippen molar-refractivity contribution in [2.75, 3.05) is 6.61 Å². The quantitative estimate of drug-likeness (QED) is 0.235. The van der Waals surface area contributed by atoms with Crippen molar-refractivity contribution in [1.82, 2.24) is 0 Å². The molecule has 2 heteroatoms. The van der Waals surface area contributed by atoms with Crippen molar-refractivity contribution in [1.29, 1.82) is 0 Å². The summed E-state index contributed by atoms with van der Waals surface area (Å²) in [7, 11) is 0. The minimum Gasteiger partial charge on any atom is -0.370 e. The molecule has 2 nitrogen and oxygen atoms in total. The summed E-state index contributed by atoms with van der Waals surface area (Å²) in [6.07, 6.45) is 20.2. The van der Waals surface area contributed by atoms with Crippen molar-refractivity contribution in [3.63, 3.8) is 0 Å². The third kappa shape index (κ3) is 4.07. The first-order chi connectivity index (χ1) is 14.4. The standard InChI is InChI=1S/C28H46O2/c1-20(2)7-5-6-8-21-10-12-25-24-11-9-22-19-23(30-18-17-29)13-15-28(22,4)26(24)14-16-27(21,25)3/h9,17,20-21,23-26H,5-8,10-16,18-19H2,1-4H3. The highest BCUT2D eigenvalue weighted by atomic mass is 16.5. The SMILES string of the molecule is CC(C)CCCCC1CCC2C3CC=C4CC(OCC=O)CCC4(C)C3CCC12C. The third-order valence-electron chi connectivity index (χ3n) is 10.2. The van der Waals surface area contributed by atoms with Crippen LogP contribution < -0.4 is 0 Å². The van der Waals surface area contributed by atoms with Gasteiger partial charge in [0, 0.05) is 0 Å². The van der Waals surface area contributed by atoms with Crippen LogP contribution in [-0.4, -0.2) is 19.0 Å². The fourth-order valence-electron chi connectivity index (χ4n) is 8.47. The molecule has 4 aliphatic rings. The molecule has 0 aromatic carbocycles. The van der Waals surface area contributed by atoms with E-state index < -0.39 is 0 Å². The van der Waals surface area contributed by atoms with Crippen LogP contribution >= 0.6 is 0 Å². The number of allylic oxidation sites excluding steroid dienone is 1. The zero-order valence-electron chi connectivity index (χ0n) is 20.1. The number of hydrogen-bond acceptors (Lipinski definition) is 2. The van der Waals surface area contributed by atoms with Crippen molar-refractivity contribution in [3.8, 4) is 0 Å². The average molecular weight is 415 g/mol. The molecular weight excluding hydrogens is 368 g/mol. The van der Waals surface area contributed by atoms with Gasteiger partial charge >= 0.3 is 0 Å². The van der Waals surface area contributed by atoms with E-state index in [1.165, 1.54) is 64.2 Å². The highest BCUT2D eigenvalue weighted by Crippen LogP contribution is 2.66. The van der Waals surface area contributed by atoms with Gasteiger partial charge in [0.2, 0.25) is 0 Å². The van der Waals surface area contributed by atoms with Crippen LogP contribution in [-0.2, 0) is 9.53 Å². The summed E-state index contributed by atoms with van der Waals surface area (Å²) >= 11 is 0. The number of carbonyl (C=O) groups excluding carboxylic acids is 1. The maximum atomic E-state index is 10.7.